The van der Waals surface area contributed by atoms with E-state index >= 15 is 0 Å². The first-order chi connectivity index (χ1) is 14.4. The molecule has 0 amide bonds. The maximum absolute atomic E-state index is 13.1. The molecule has 4 aliphatic heterocycles. The summed E-state index contributed by atoms with van der Waals surface area (Å²) in [5.41, 5.74) is 5.26. The maximum Gasteiger partial charge on any atom is 0.242 e. The van der Waals surface area contributed by atoms with Crippen molar-refractivity contribution in [3.8, 4) is 0 Å². The van der Waals surface area contributed by atoms with Gasteiger partial charge in [-0.05, 0) is 32.4 Å². The van der Waals surface area contributed by atoms with E-state index in [0.717, 1.165) is 32.7 Å². The van der Waals surface area contributed by atoms with E-state index in [1.165, 1.54) is 27.7 Å². The normalized spacial score (nSPS) is 34.8. The topological polar surface area (TPSA) is 30.9 Å². The third-order valence-corrected chi connectivity index (χ3v) is 8.13. The molecular formula is C26H31N3O+2. The first-order valence-electron chi connectivity index (χ1n) is 11.3. The van der Waals surface area contributed by atoms with Crippen LogP contribution >= 0.6 is 0 Å². The Balaban J connectivity index is 1.49. The number of hydrogen-bond donors (Lipinski definition) is 2. The van der Waals surface area contributed by atoms with E-state index in [2.05, 4.69) is 79.9 Å². The summed E-state index contributed by atoms with van der Waals surface area (Å²) in [6.45, 7) is 11.6. The Hall–Kier alpha value is -2.43. The highest BCUT2D eigenvalue weighted by molar-refractivity contribution is 5.91. The molecule has 4 bridgehead atoms. The number of nitrogens with one attached hydrogen (secondary N) is 2. The summed E-state index contributed by atoms with van der Waals surface area (Å²) < 4.78 is 2.50. The van der Waals surface area contributed by atoms with Crippen LogP contribution in [0.25, 0.3) is 10.9 Å². The predicted molar refractivity (Wildman–Crippen MR) is 118 cm³/mol. The average molecular weight is 402 g/mol. The summed E-state index contributed by atoms with van der Waals surface area (Å²) in [6.07, 6.45) is 0.432. The lowest BCUT2D eigenvalue weighted by Crippen LogP contribution is -3.41. The van der Waals surface area contributed by atoms with Crippen LogP contribution in [-0.2, 0) is 11.3 Å². The lowest BCUT2D eigenvalue weighted by Gasteiger charge is -2.58. The van der Waals surface area contributed by atoms with E-state index in [4.69, 9.17) is 0 Å². The second kappa shape index (κ2) is 6.05. The Labute approximate surface area is 178 Å². The van der Waals surface area contributed by atoms with E-state index in [-0.39, 0.29) is 10.8 Å². The minimum absolute atomic E-state index is 0.150. The van der Waals surface area contributed by atoms with Crippen LogP contribution in [0.1, 0.15) is 36.8 Å². The van der Waals surface area contributed by atoms with Crippen molar-refractivity contribution in [1.29, 1.82) is 0 Å². The smallest absolute Gasteiger partial charge is 0.242 e. The van der Waals surface area contributed by atoms with Crippen LogP contribution in [-0.4, -0.2) is 36.5 Å². The molecule has 2 aromatic carbocycles. The molecule has 2 N–H and O–H groups in total. The van der Waals surface area contributed by atoms with Crippen LogP contribution < -0.4 is 9.80 Å². The highest BCUT2D eigenvalue weighted by atomic mass is 16.1. The van der Waals surface area contributed by atoms with Crippen LogP contribution in [0, 0.1) is 17.8 Å². The standard InChI is InChI=1S/C26H29N3O/c1-18-22(23-27-14-25(2)15-28(23)17-26(3,16-27)24(25)30)20-11-7-8-12-21(20)29(18)13-19-9-5-4-6-10-19/h4-12,23H,13-17H2,1-3H3/p+2. The van der Waals surface area contributed by atoms with Crippen LogP contribution in [0.5, 0.6) is 0 Å². The number of carbonyl (C=O) groups excluding carboxylic acids is 1. The number of para-hydroxylation sites is 1. The van der Waals surface area contributed by atoms with Crippen LogP contribution in [0.15, 0.2) is 54.6 Å². The molecule has 0 atom stereocenters. The van der Waals surface area contributed by atoms with Crippen molar-refractivity contribution in [2.24, 2.45) is 10.8 Å². The van der Waals surface area contributed by atoms with Crippen LogP contribution in [0.4, 0.5) is 0 Å². The van der Waals surface area contributed by atoms with Crippen molar-refractivity contribution in [2.75, 3.05) is 26.2 Å². The molecule has 0 unspecified atom stereocenters. The van der Waals surface area contributed by atoms with Gasteiger partial charge in [-0.2, -0.15) is 0 Å². The minimum atomic E-state index is -0.150. The highest BCUT2D eigenvalue weighted by Gasteiger charge is 2.68. The van der Waals surface area contributed by atoms with Gasteiger partial charge in [-0.3, -0.25) is 14.6 Å². The first kappa shape index (κ1) is 18.3. The van der Waals surface area contributed by atoms with E-state index in [0.29, 0.717) is 11.9 Å². The monoisotopic (exact) mass is 401 g/mol. The molecule has 4 heteroatoms. The van der Waals surface area contributed by atoms with Gasteiger partial charge in [0.05, 0.1) is 31.7 Å². The van der Waals surface area contributed by atoms with Gasteiger partial charge in [0.1, 0.15) is 10.8 Å². The number of benzene rings is 2. The van der Waals surface area contributed by atoms with Crippen molar-refractivity contribution >= 4 is 16.7 Å². The lowest BCUT2D eigenvalue weighted by molar-refractivity contribution is -1.18. The molecular weight excluding hydrogens is 370 g/mol. The quantitative estimate of drug-likeness (QED) is 0.683. The molecule has 4 fully saturated rings. The van der Waals surface area contributed by atoms with Gasteiger partial charge in [0.15, 0.2) is 5.78 Å². The fourth-order valence-electron chi connectivity index (χ4n) is 7.20. The van der Waals surface area contributed by atoms with E-state index in [9.17, 15) is 4.79 Å². The van der Waals surface area contributed by atoms with Crippen molar-refractivity contribution in [1.82, 2.24) is 4.57 Å². The molecule has 1 aromatic heterocycles. The fourth-order valence-corrected chi connectivity index (χ4v) is 7.20. The number of ketones is 1. The predicted octanol–water partition coefficient (Wildman–Crippen LogP) is 1.39. The molecule has 4 aliphatic rings. The molecule has 3 aromatic rings. The molecule has 5 heterocycles. The van der Waals surface area contributed by atoms with E-state index in [1.54, 1.807) is 9.80 Å². The number of carbonyl (C=O) groups is 1. The van der Waals surface area contributed by atoms with Crippen molar-refractivity contribution in [3.05, 3.63) is 71.4 Å². The first-order valence-corrected chi connectivity index (χ1v) is 11.3. The lowest BCUT2D eigenvalue weighted by atomic mass is 9.62. The highest BCUT2D eigenvalue weighted by Crippen LogP contribution is 2.38. The molecule has 30 heavy (non-hydrogen) atoms. The minimum Gasteiger partial charge on any atom is -0.340 e. The Morgan fingerprint density at radius 1 is 0.900 bits per heavy atom. The number of piperidine rings is 2. The van der Waals surface area contributed by atoms with Gasteiger partial charge in [-0.1, -0.05) is 48.5 Å². The van der Waals surface area contributed by atoms with Gasteiger partial charge in [0.2, 0.25) is 6.17 Å². The summed E-state index contributed by atoms with van der Waals surface area (Å²) >= 11 is 0. The number of fused-ring (bicyclic) bond motifs is 1. The zero-order valence-corrected chi connectivity index (χ0v) is 18.2. The van der Waals surface area contributed by atoms with Crippen LogP contribution in [0.3, 0.4) is 0 Å². The number of hydrogen-bond acceptors (Lipinski definition) is 1. The molecule has 0 radical (unpaired) electrons. The fraction of sp³-hybridized carbons (Fsp3) is 0.423. The summed E-state index contributed by atoms with van der Waals surface area (Å²) in [6, 6.07) is 19.7. The van der Waals surface area contributed by atoms with Crippen molar-refractivity contribution in [2.45, 2.75) is 33.5 Å². The molecule has 0 aliphatic carbocycles. The Kier molecular flexibility index (Phi) is 3.70. The zero-order chi connectivity index (χ0) is 20.7. The Bertz CT molecular complexity index is 1120. The summed E-state index contributed by atoms with van der Waals surface area (Å²) in [7, 11) is 0. The average Bonchev–Trinajstić information content (AvgIpc) is 2.98. The van der Waals surface area contributed by atoms with Gasteiger partial charge in [0, 0.05) is 23.1 Å². The summed E-state index contributed by atoms with van der Waals surface area (Å²) in [5, 5.41) is 1.39. The maximum atomic E-state index is 13.1. The molecule has 0 spiro atoms. The molecule has 0 saturated carbocycles. The Morgan fingerprint density at radius 3 is 2.10 bits per heavy atom. The van der Waals surface area contributed by atoms with E-state index < -0.39 is 0 Å². The number of aromatic nitrogens is 1. The van der Waals surface area contributed by atoms with Gasteiger partial charge in [-0.15, -0.1) is 0 Å². The molecule has 154 valence electrons. The molecule has 4 saturated heterocycles. The van der Waals surface area contributed by atoms with Gasteiger partial charge < -0.3 is 4.57 Å². The third-order valence-electron chi connectivity index (χ3n) is 8.13. The number of nitrogens with zero attached hydrogens (tertiary/aromatic N) is 1. The van der Waals surface area contributed by atoms with Gasteiger partial charge >= 0.3 is 0 Å². The SMILES string of the molecule is Cc1c(C2[NH+]3CC4(C)C[NH+]2CC(C)(C3)C4=O)c2ccccc2n1Cc1ccccc1. The second-order valence-corrected chi connectivity index (χ2v) is 10.5. The number of Topliss-reactive ketones (excluding diaryl/α,β-unsaturated/α-hetero) is 1. The zero-order valence-electron chi connectivity index (χ0n) is 18.2. The largest absolute Gasteiger partial charge is 0.340 e. The van der Waals surface area contributed by atoms with Crippen molar-refractivity contribution < 1.29 is 14.6 Å². The molecule has 7 rings (SSSR count). The van der Waals surface area contributed by atoms with Crippen LogP contribution in [0.2, 0.25) is 0 Å². The second-order valence-electron chi connectivity index (χ2n) is 10.5. The third kappa shape index (κ3) is 2.38. The summed E-state index contributed by atoms with van der Waals surface area (Å²) in [5.74, 6) is 0.518. The van der Waals surface area contributed by atoms with Gasteiger partial charge in [0.25, 0.3) is 0 Å². The molecule has 4 nitrogen and oxygen atoms in total. The van der Waals surface area contributed by atoms with Gasteiger partial charge in [-0.25, -0.2) is 0 Å². The van der Waals surface area contributed by atoms with E-state index in [1.807, 2.05) is 0 Å². The number of quaternary nitrogens is 2. The number of rotatable bonds is 3. The van der Waals surface area contributed by atoms with Crippen molar-refractivity contribution in [3.63, 3.8) is 0 Å². The summed E-state index contributed by atoms with van der Waals surface area (Å²) in [4.78, 5) is 16.3. The Morgan fingerprint density at radius 2 is 1.47 bits per heavy atom.